The number of anilines is 1. The molecule has 0 saturated carbocycles. The molecule has 8 atom stereocenters. The number of nitrogens with one attached hydrogen (secondary N) is 5. The predicted molar refractivity (Wildman–Crippen MR) is 274 cm³/mol. The van der Waals surface area contributed by atoms with Gasteiger partial charge in [0.1, 0.15) is 42.8 Å². The topological polar surface area (TPSA) is 401 Å². The lowest BCUT2D eigenvalue weighted by molar-refractivity contribution is -0.148. The van der Waals surface area contributed by atoms with Crippen molar-refractivity contribution >= 4 is 76.6 Å². The molecule has 2 aromatic rings. The summed E-state index contributed by atoms with van der Waals surface area (Å²) in [5.41, 5.74) is 24.9. The molecule has 3 aliphatic heterocycles. The number of hydrogen-bond donors (Lipinski definition) is 12. The minimum Gasteiger partial charge on any atom is -0.480 e. The third-order valence-corrected chi connectivity index (χ3v) is 14.8. The molecule has 4 aliphatic rings. The fourth-order valence-corrected chi connectivity index (χ4v) is 11.0. The Morgan fingerprint density at radius 1 is 0.840 bits per heavy atom. The number of nitrogens with two attached hydrogens (primary N) is 4. The fourth-order valence-electron chi connectivity index (χ4n) is 9.88. The van der Waals surface area contributed by atoms with Gasteiger partial charge in [-0.15, -0.1) is 11.8 Å². The molecule has 2 fully saturated rings. The number of thioether (sulfide) groups is 1. The maximum absolute atomic E-state index is 14.3. The maximum atomic E-state index is 14.3. The smallest absolute Gasteiger partial charge is 0.323 e. The van der Waals surface area contributed by atoms with Crippen molar-refractivity contribution in [2.24, 2.45) is 33.8 Å². The van der Waals surface area contributed by atoms with Crippen LogP contribution in [0.5, 0.6) is 0 Å². The van der Waals surface area contributed by atoms with Crippen molar-refractivity contribution in [2.45, 2.75) is 118 Å². The Kier molecular flexibility index (Phi) is 20.7. The van der Waals surface area contributed by atoms with Crippen molar-refractivity contribution in [2.75, 3.05) is 56.5 Å². The Morgan fingerprint density at radius 3 is 2.21 bits per heavy atom. The number of aliphatic hydroxyl groups excluding tert-OH is 2. The van der Waals surface area contributed by atoms with E-state index in [0.717, 1.165) is 16.0 Å². The number of para-hydroxylation sites is 1. The molecule has 1 aliphatic carbocycles. The highest BCUT2D eigenvalue weighted by molar-refractivity contribution is 7.99. The van der Waals surface area contributed by atoms with E-state index in [4.69, 9.17) is 22.9 Å². The lowest BCUT2D eigenvalue weighted by Crippen LogP contribution is -2.60. The summed E-state index contributed by atoms with van der Waals surface area (Å²) < 4.78 is 0. The molecule has 0 bridgehead atoms. The molecule has 0 unspecified atom stereocenters. The molecule has 408 valence electrons. The number of carbonyl (C=O) groups excluding carboxylic acids is 8. The Morgan fingerprint density at radius 2 is 1.53 bits per heavy atom. The van der Waals surface area contributed by atoms with E-state index in [2.05, 4.69) is 31.6 Å². The average Bonchev–Trinajstić information content (AvgIpc) is 4.14. The predicted octanol–water partition coefficient (Wildman–Crippen LogP) is -3.86. The van der Waals surface area contributed by atoms with Crippen LogP contribution >= 0.6 is 11.8 Å². The molecule has 75 heavy (non-hydrogen) atoms. The fraction of sp³-hybridized carbons (Fsp3) is 0.551. The van der Waals surface area contributed by atoms with Gasteiger partial charge in [-0.2, -0.15) is 0 Å². The second-order valence-corrected chi connectivity index (χ2v) is 20.2. The summed E-state index contributed by atoms with van der Waals surface area (Å²) in [5, 5.41) is 43.7. The number of hydrogen-bond acceptors (Lipinski definition) is 15. The van der Waals surface area contributed by atoms with E-state index < -0.39 is 127 Å². The summed E-state index contributed by atoms with van der Waals surface area (Å²) >= 11 is 1.21. The third kappa shape index (κ3) is 15.1. The lowest BCUT2D eigenvalue weighted by Gasteiger charge is -2.33. The number of fused-ring (bicyclic) bond motifs is 2. The van der Waals surface area contributed by atoms with Crippen molar-refractivity contribution in [3.05, 3.63) is 59.7 Å². The number of rotatable bonds is 24. The van der Waals surface area contributed by atoms with Crippen LogP contribution in [-0.2, 0) is 56.0 Å². The number of nitrogens with zero attached hydrogens (tertiary/aromatic N) is 4. The number of amides is 8. The molecule has 0 spiro atoms. The molecule has 16 N–H and O–H groups in total. The summed E-state index contributed by atoms with van der Waals surface area (Å²) in [6, 6.07) is 5.59. The first-order valence-electron chi connectivity index (χ1n) is 25.1. The highest BCUT2D eigenvalue weighted by Crippen LogP contribution is 2.34. The monoisotopic (exact) mass is 1060 g/mol. The van der Waals surface area contributed by atoms with Gasteiger partial charge in [-0.1, -0.05) is 42.8 Å². The number of likely N-dealkylation sites (tertiary alicyclic amines) is 2. The Labute approximate surface area is 437 Å². The van der Waals surface area contributed by atoms with Crippen LogP contribution in [0.4, 0.5) is 5.69 Å². The van der Waals surface area contributed by atoms with Crippen LogP contribution in [0.3, 0.4) is 0 Å². The molecular formula is C49H69N13O12S. The van der Waals surface area contributed by atoms with E-state index in [9.17, 15) is 58.5 Å². The molecule has 2 saturated heterocycles. The highest BCUT2D eigenvalue weighted by atomic mass is 32.2. The molecule has 8 amide bonds. The van der Waals surface area contributed by atoms with Gasteiger partial charge in [0.2, 0.25) is 41.4 Å². The van der Waals surface area contributed by atoms with Crippen molar-refractivity contribution in [1.29, 1.82) is 0 Å². The van der Waals surface area contributed by atoms with Crippen LogP contribution in [0.25, 0.3) is 0 Å². The van der Waals surface area contributed by atoms with Crippen LogP contribution in [0.1, 0.15) is 62.5 Å². The second-order valence-electron chi connectivity index (χ2n) is 19.1. The zero-order valence-corrected chi connectivity index (χ0v) is 42.4. The van der Waals surface area contributed by atoms with Crippen molar-refractivity contribution in [1.82, 2.24) is 36.4 Å². The molecule has 6 rings (SSSR count). The number of unbranched alkanes of at least 4 members (excludes halogenated alkanes) is 1. The quantitative estimate of drug-likeness (QED) is 0.0272. The molecule has 3 heterocycles. The number of aliphatic hydroxyl groups is 2. The number of carboxylic acids is 1. The average molecular weight is 1060 g/mol. The van der Waals surface area contributed by atoms with E-state index in [1.54, 1.807) is 24.3 Å². The normalized spacial score (nSPS) is 20.9. The van der Waals surface area contributed by atoms with Crippen molar-refractivity contribution < 1.29 is 58.5 Å². The van der Waals surface area contributed by atoms with E-state index in [-0.39, 0.29) is 50.6 Å². The van der Waals surface area contributed by atoms with Gasteiger partial charge < -0.3 is 74.6 Å². The maximum Gasteiger partial charge on any atom is 0.323 e. The number of guanidine groups is 1. The summed E-state index contributed by atoms with van der Waals surface area (Å²) in [6.45, 7) is -1.76. The van der Waals surface area contributed by atoms with Gasteiger partial charge in [0.15, 0.2) is 5.96 Å². The van der Waals surface area contributed by atoms with Crippen molar-refractivity contribution in [3.63, 3.8) is 0 Å². The lowest BCUT2D eigenvalue weighted by atomic mass is 9.95. The summed E-state index contributed by atoms with van der Waals surface area (Å²) in [5.74, 6) is -7.81. The third-order valence-electron chi connectivity index (χ3n) is 13.7. The SMILES string of the molecule is NCCCC[C@H](N)C(=O)N[C@@H](CCCN=C(N)N)C(=O)N1CCC[C@H]1C(=O)N1C[C@H](O)C[C@H]1C(=O)NCC(=O)N[C@H](C(=O)N[C@@H](CO)C(=O)N[C@@H]1CSc2ccccc2N(CC(=O)O)C1=O)C1Cc2ccccc2C1. The van der Waals surface area contributed by atoms with Crippen molar-refractivity contribution in [3.8, 4) is 0 Å². The van der Waals surface area contributed by atoms with Gasteiger partial charge in [-0.05, 0) is 87.1 Å². The number of β-amino-alcohol motifs (C(OH)–C–C–N with tert-alkyl or cyclic N) is 1. The summed E-state index contributed by atoms with van der Waals surface area (Å²) in [6.07, 6.45) is 2.04. The van der Waals surface area contributed by atoms with Crippen LogP contribution in [0.15, 0.2) is 58.4 Å². The standard InChI is InChI=1S/C49H69N13O12S/c50-16-6-5-11-31(51)42(68)56-32(12-7-17-54-49(52)53)46(72)60-18-8-14-36(60)48(74)61-23-30(64)21-37(61)44(70)55-22-39(65)59-41(29-19-27-9-1-2-10-28(27)20-29)45(71)57-33(25-63)43(69)58-34-26-75-38-15-4-3-13-35(38)62(47(34)73)24-40(66)67/h1-4,9-10,13,15,29-34,36-37,41,63-64H,5-8,11-12,14,16-26,50-51H2,(H,55,70)(H,56,68)(H,57,71)(H,58,69)(H,59,65)(H,66,67)(H4,52,53,54)/t30-,31+,32+,33+,34-,36+,37+,41+/m1/s1. The zero-order chi connectivity index (χ0) is 54.3. The minimum absolute atomic E-state index is 0.0106. The van der Waals surface area contributed by atoms with Crippen LogP contribution in [0, 0.1) is 5.92 Å². The molecule has 25 nitrogen and oxygen atoms in total. The number of carboxylic acid groups (broad SMARTS) is 1. The second kappa shape index (κ2) is 27.1. The largest absolute Gasteiger partial charge is 0.480 e. The van der Waals surface area contributed by atoms with E-state index in [1.165, 1.54) is 21.6 Å². The number of aliphatic imine (C=N–C) groups is 1. The van der Waals surface area contributed by atoms with Gasteiger partial charge in [0.05, 0.1) is 31.0 Å². The van der Waals surface area contributed by atoms with Crippen LogP contribution in [0.2, 0.25) is 0 Å². The van der Waals surface area contributed by atoms with Crippen LogP contribution in [-0.4, -0.2) is 184 Å². The van der Waals surface area contributed by atoms with E-state index in [1.807, 2.05) is 24.3 Å². The summed E-state index contributed by atoms with van der Waals surface area (Å²) in [4.78, 5) is 131. The molecule has 0 aromatic heterocycles. The first kappa shape index (κ1) is 57.4. The van der Waals surface area contributed by atoms with Gasteiger partial charge in [0, 0.05) is 36.7 Å². The van der Waals surface area contributed by atoms with Gasteiger partial charge >= 0.3 is 5.97 Å². The minimum atomic E-state index is -1.62. The van der Waals surface area contributed by atoms with Gasteiger partial charge in [0.25, 0.3) is 5.91 Å². The van der Waals surface area contributed by atoms with E-state index >= 15 is 0 Å². The Hall–Kier alpha value is -6.87. The molecule has 26 heteroatoms. The highest BCUT2D eigenvalue weighted by Gasteiger charge is 2.46. The van der Waals surface area contributed by atoms with Gasteiger partial charge in [-0.3, -0.25) is 53.0 Å². The molecule has 0 radical (unpaired) electrons. The number of aliphatic carboxylic acids is 1. The Bertz CT molecular complexity index is 2440. The molecule has 2 aromatic carbocycles. The first-order chi connectivity index (χ1) is 35.9. The summed E-state index contributed by atoms with van der Waals surface area (Å²) in [7, 11) is 0. The Balaban J connectivity index is 1.10. The van der Waals surface area contributed by atoms with Gasteiger partial charge in [-0.25, -0.2) is 0 Å². The van der Waals surface area contributed by atoms with E-state index in [0.29, 0.717) is 62.1 Å². The molecular weight excluding hydrogens is 995 g/mol. The number of benzene rings is 2. The zero-order valence-electron chi connectivity index (χ0n) is 41.6. The number of carbonyl (C=O) groups is 9. The first-order valence-corrected chi connectivity index (χ1v) is 26.1. The van der Waals surface area contributed by atoms with Crippen LogP contribution < -0.4 is 54.4 Å².